The van der Waals surface area contributed by atoms with Gasteiger partial charge in [0.2, 0.25) is 17.7 Å². The van der Waals surface area contributed by atoms with Gasteiger partial charge >= 0.3 is 0 Å². The second-order valence-electron chi connectivity index (χ2n) is 13.4. The number of hydrogen-bond acceptors (Lipinski definition) is 8. The van der Waals surface area contributed by atoms with Crippen LogP contribution in [0.4, 0.5) is 0 Å². The number of aromatic nitrogens is 2. The maximum Gasteiger partial charge on any atom is 0.253 e. The van der Waals surface area contributed by atoms with Crippen LogP contribution in [-0.4, -0.2) is 95.5 Å². The zero-order valence-electron chi connectivity index (χ0n) is 27.3. The molecule has 2 heterocycles. The third-order valence-corrected chi connectivity index (χ3v) is 9.75. The van der Waals surface area contributed by atoms with Crippen LogP contribution in [0.25, 0.3) is 0 Å². The summed E-state index contributed by atoms with van der Waals surface area (Å²) in [6.07, 6.45) is 3.46. The van der Waals surface area contributed by atoms with Gasteiger partial charge in [0.05, 0.1) is 12.6 Å². The quantitative estimate of drug-likeness (QED) is 0.405. The van der Waals surface area contributed by atoms with Gasteiger partial charge in [-0.25, -0.2) is 0 Å². The van der Waals surface area contributed by atoms with Crippen LogP contribution in [0.1, 0.15) is 80.9 Å². The Morgan fingerprint density at radius 1 is 1.00 bits per heavy atom. The molecule has 3 amide bonds. The number of carbonyl (C=O) groups is 3. The standard InChI is InChI=1S/C35H41N7O4/c1-20(37-19-31(43)42-27(18-36)15-26-16-30(26)42)17-35(34-39-38-21(2)46-34)28-11-9-24(32(44)40(3)4)13-22(28)7-8-23-14-25(10-12-29(23)35)33(45)41(5)6/h9-14,20,26-27,30,37H,7-8,15-17,19H2,1-6H3/t20-,26?,27?,30+/m1/s1. The normalized spacial score (nSPS) is 21.2. The van der Waals surface area contributed by atoms with Crippen LogP contribution >= 0.6 is 0 Å². The van der Waals surface area contributed by atoms with Crippen LogP contribution in [-0.2, 0) is 23.1 Å². The van der Waals surface area contributed by atoms with Crippen LogP contribution in [0.5, 0.6) is 0 Å². The van der Waals surface area contributed by atoms with E-state index in [-0.39, 0.29) is 42.4 Å². The molecule has 2 unspecified atom stereocenters. The molecule has 1 aromatic heterocycles. The first-order valence-corrected chi connectivity index (χ1v) is 15.9. The molecule has 1 saturated heterocycles. The molecule has 6 rings (SSSR count). The zero-order valence-corrected chi connectivity index (χ0v) is 27.3. The summed E-state index contributed by atoms with van der Waals surface area (Å²) in [4.78, 5) is 44.3. The number of nitrogens with one attached hydrogen (secondary N) is 1. The molecule has 3 aromatic rings. The Morgan fingerprint density at radius 2 is 1.59 bits per heavy atom. The van der Waals surface area contributed by atoms with E-state index in [0.29, 0.717) is 48.1 Å². The SMILES string of the molecule is Cc1nnc(C2(C[C@@H](C)NCC(=O)N3C(C#N)CC4C[C@@H]43)c3ccc(C(=O)N(C)C)cc3CCc3cc(C(=O)N(C)C)ccc32)o1. The molecule has 0 bridgehead atoms. The molecule has 11 nitrogen and oxygen atoms in total. The van der Waals surface area contributed by atoms with Crippen LogP contribution < -0.4 is 5.32 Å². The van der Waals surface area contributed by atoms with E-state index in [9.17, 15) is 19.6 Å². The Bertz CT molecular complexity index is 1670. The van der Waals surface area contributed by atoms with Gasteiger partial charge in [0.15, 0.2) is 0 Å². The fourth-order valence-electron chi connectivity index (χ4n) is 7.45. The minimum absolute atomic E-state index is 0.0635. The van der Waals surface area contributed by atoms with Crippen molar-refractivity contribution in [1.29, 1.82) is 5.26 Å². The highest BCUT2D eigenvalue weighted by molar-refractivity contribution is 5.95. The van der Waals surface area contributed by atoms with Gasteiger partial charge in [-0.05, 0) is 91.5 Å². The number of amides is 3. The number of likely N-dealkylation sites (tertiary alicyclic amines) is 1. The number of nitriles is 1. The summed E-state index contributed by atoms with van der Waals surface area (Å²) in [5.74, 6) is 1.04. The fourth-order valence-corrected chi connectivity index (χ4v) is 7.45. The lowest BCUT2D eigenvalue weighted by molar-refractivity contribution is -0.131. The number of hydrogen-bond donors (Lipinski definition) is 1. The van der Waals surface area contributed by atoms with Crippen LogP contribution in [0, 0.1) is 24.2 Å². The third kappa shape index (κ3) is 5.45. The van der Waals surface area contributed by atoms with Crippen molar-refractivity contribution in [1.82, 2.24) is 30.2 Å². The van der Waals surface area contributed by atoms with Gasteiger partial charge in [0.1, 0.15) is 11.5 Å². The minimum Gasteiger partial charge on any atom is -0.424 e. The summed E-state index contributed by atoms with van der Waals surface area (Å²) in [6, 6.07) is 13.5. The third-order valence-electron chi connectivity index (χ3n) is 9.75. The van der Waals surface area contributed by atoms with E-state index in [1.165, 1.54) is 0 Å². The van der Waals surface area contributed by atoms with E-state index in [1.54, 1.807) is 49.8 Å². The lowest BCUT2D eigenvalue weighted by atomic mass is 9.68. The van der Waals surface area contributed by atoms with Gasteiger partial charge < -0.3 is 24.4 Å². The Labute approximate surface area is 269 Å². The second-order valence-corrected chi connectivity index (χ2v) is 13.4. The maximum atomic E-state index is 13.4. The van der Waals surface area contributed by atoms with E-state index in [0.717, 1.165) is 35.1 Å². The lowest BCUT2D eigenvalue weighted by Gasteiger charge is -2.36. The molecular weight excluding hydrogens is 582 g/mol. The number of benzene rings is 2. The van der Waals surface area contributed by atoms with Gasteiger partial charge in [-0.2, -0.15) is 5.26 Å². The van der Waals surface area contributed by atoms with Gasteiger partial charge in [0, 0.05) is 58.3 Å². The number of aryl methyl sites for hydroxylation is 3. The molecule has 2 aromatic carbocycles. The topological polar surface area (TPSA) is 136 Å². The number of piperidine rings is 1. The molecule has 2 aliphatic carbocycles. The van der Waals surface area contributed by atoms with Crippen molar-refractivity contribution in [2.45, 2.75) is 69.5 Å². The predicted octanol–water partition coefficient (Wildman–Crippen LogP) is 3.10. The lowest BCUT2D eigenvalue weighted by Crippen LogP contribution is -2.46. The highest BCUT2D eigenvalue weighted by Gasteiger charge is 2.54. The molecule has 46 heavy (non-hydrogen) atoms. The molecule has 0 spiro atoms. The second kappa shape index (κ2) is 12.0. The average Bonchev–Trinajstić information content (AvgIpc) is 3.53. The van der Waals surface area contributed by atoms with Crippen molar-refractivity contribution in [2.75, 3.05) is 34.7 Å². The summed E-state index contributed by atoms with van der Waals surface area (Å²) < 4.78 is 6.27. The fraction of sp³-hybridized carbons (Fsp3) is 0.486. The van der Waals surface area contributed by atoms with Crippen LogP contribution in [0.3, 0.4) is 0 Å². The maximum absolute atomic E-state index is 13.4. The first-order chi connectivity index (χ1) is 21.9. The molecule has 4 atom stereocenters. The van der Waals surface area contributed by atoms with E-state index in [4.69, 9.17) is 4.42 Å². The average molecular weight is 624 g/mol. The molecule has 1 saturated carbocycles. The smallest absolute Gasteiger partial charge is 0.253 e. The van der Waals surface area contributed by atoms with Crippen molar-refractivity contribution in [2.24, 2.45) is 5.92 Å². The van der Waals surface area contributed by atoms with E-state index in [2.05, 4.69) is 21.6 Å². The minimum atomic E-state index is -0.943. The summed E-state index contributed by atoms with van der Waals surface area (Å²) in [6.45, 7) is 3.89. The monoisotopic (exact) mass is 623 g/mol. The van der Waals surface area contributed by atoms with Crippen molar-refractivity contribution in [3.8, 4) is 6.07 Å². The molecular formula is C35H41N7O4. The molecule has 0 radical (unpaired) electrons. The van der Waals surface area contributed by atoms with Gasteiger partial charge in [0.25, 0.3) is 11.8 Å². The largest absolute Gasteiger partial charge is 0.424 e. The van der Waals surface area contributed by atoms with Crippen LogP contribution in [0.2, 0.25) is 0 Å². The predicted molar refractivity (Wildman–Crippen MR) is 170 cm³/mol. The number of nitrogens with zero attached hydrogens (tertiary/aromatic N) is 6. The molecule has 2 fully saturated rings. The van der Waals surface area contributed by atoms with Crippen molar-refractivity contribution in [3.63, 3.8) is 0 Å². The number of rotatable bonds is 8. The summed E-state index contributed by atoms with van der Waals surface area (Å²) in [5.41, 5.74) is 4.09. The Balaban J connectivity index is 1.44. The summed E-state index contributed by atoms with van der Waals surface area (Å²) >= 11 is 0. The Kier molecular flexibility index (Phi) is 8.19. The highest BCUT2D eigenvalue weighted by atomic mass is 16.4. The van der Waals surface area contributed by atoms with Gasteiger partial charge in [-0.15, -0.1) is 10.2 Å². The molecule has 1 aliphatic heterocycles. The van der Waals surface area contributed by atoms with Crippen molar-refractivity contribution >= 4 is 17.7 Å². The van der Waals surface area contributed by atoms with Crippen LogP contribution in [0.15, 0.2) is 40.8 Å². The first kappa shape index (κ1) is 31.4. The Morgan fingerprint density at radius 3 is 2.09 bits per heavy atom. The van der Waals surface area contributed by atoms with Gasteiger partial charge in [-0.1, -0.05) is 12.1 Å². The van der Waals surface area contributed by atoms with Gasteiger partial charge in [-0.3, -0.25) is 14.4 Å². The summed E-state index contributed by atoms with van der Waals surface area (Å²) in [5, 5.41) is 21.9. The van der Waals surface area contributed by atoms with E-state index in [1.807, 2.05) is 43.3 Å². The number of carbonyl (C=O) groups excluding carboxylic acids is 3. The molecule has 3 aliphatic rings. The van der Waals surface area contributed by atoms with Crippen molar-refractivity contribution < 1.29 is 18.8 Å². The Hall–Kier alpha value is -4.56. The summed E-state index contributed by atoms with van der Waals surface area (Å²) in [7, 11) is 6.94. The van der Waals surface area contributed by atoms with E-state index < -0.39 is 5.41 Å². The van der Waals surface area contributed by atoms with E-state index >= 15 is 0 Å². The van der Waals surface area contributed by atoms with Crippen molar-refractivity contribution in [3.05, 3.63) is 81.6 Å². The molecule has 240 valence electrons. The number of fused-ring (bicyclic) bond motifs is 3. The highest BCUT2D eigenvalue weighted by Crippen LogP contribution is 2.49. The molecule has 11 heteroatoms. The zero-order chi connectivity index (χ0) is 32.9. The first-order valence-electron chi connectivity index (χ1n) is 15.9. The molecule has 1 N–H and O–H groups in total.